The Hall–Kier alpha value is -1.33. The monoisotopic (exact) mass is 315 g/mol. The smallest absolute Gasteiger partial charge is 0.255 e. The van der Waals surface area contributed by atoms with Crippen LogP contribution in [0.3, 0.4) is 0 Å². The summed E-state index contributed by atoms with van der Waals surface area (Å²) >= 11 is 11.6. The first-order valence-corrected chi connectivity index (χ1v) is 6.89. The second-order valence-electron chi connectivity index (χ2n) is 5.24. The first-order chi connectivity index (χ1) is 9.23. The number of hydrogen-bond acceptors (Lipinski definition) is 3. The molecule has 5 nitrogen and oxygen atoms in total. The average molecular weight is 316 g/mol. The minimum absolute atomic E-state index is 0.0941. The van der Waals surface area contributed by atoms with Gasteiger partial charge in [-0.25, -0.2) is 4.98 Å². The highest BCUT2D eigenvalue weighted by Crippen LogP contribution is 2.25. The summed E-state index contributed by atoms with van der Waals surface area (Å²) in [6, 6.07) is 2.91. The number of carbonyl (C=O) groups excluding carboxylic acids is 2. The number of hydrogen-bond donors (Lipinski definition) is 0. The SMILES string of the molecule is CN1CCN(C(=O)c2cc(Cl)nc(Cl)c2)C(C)(C)C1=O. The summed E-state index contributed by atoms with van der Waals surface area (Å²) in [5.41, 5.74) is -0.563. The summed E-state index contributed by atoms with van der Waals surface area (Å²) in [5.74, 6) is -0.369. The molecule has 108 valence electrons. The fourth-order valence-corrected chi connectivity index (χ4v) is 2.77. The zero-order chi connectivity index (χ0) is 15.1. The Morgan fingerprint density at radius 2 is 1.80 bits per heavy atom. The van der Waals surface area contributed by atoms with Gasteiger partial charge < -0.3 is 9.80 Å². The fraction of sp³-hybridized carbons (Fsp3) is 0.462. The highest BCUT2D eigenvalue weighted by Gasteiger charge is 2.43. The molecule has 1 aromatic heterocycles. The van der Waals surface area contributed by atoms with Crippen LogP contribution in [-0.4, -0.2) is 52.3 Å². The lowest BCUT2D eigenvalue weighted by Gasteiger charge is -2.44. The van der Waals surface area contributed by atoms with Crippen LogP contribution in [0.1, 0.15) is 24.2 Å². The van der Waals surface area contributed by atoms with Crippen molar-refractivity contribution in [2.24, 2.45) is 0 Å². The fourth-order valence-electron chi connectivity index (χ4n) is 2.31. The van der Waals surface area contributed by atoms with Gasteiger partial charge in [0.15, 0.2) is 0 Å². The molecule has 0 unspecified atom stereocenters. The van der Waals surface area contributed by atoms with Gasteiger partial charge in [-0.3, -0.25) is 9.59 Å². The molecule has 1 aliphatic heterocycles. The molecule has 2 amide bonds. The van der Waals surface area contributed by atoms with Crippen molar-refractivity contribution in [3.05, 3.63) is 28.0 Å². The molecule has 0 atom stereocenters. The summed E-state index contributed by atoms with van der Waals surface area (Å²) in [6.45, 7) is 4.42. The minimum atomic E-state index is -0.897. The van der Waals surface area contributed by atoms with Gasteiger partial charge in [-0.05, 0) is 26.0 Å². The lowest BCUT2D eigenvalue weighted by molar-refractivity contribution is -0.144. The minimum Gasteiger partial charge on any atom is -0.342 e. The summed E-state index contributed by atoms with van der Waals surface area (Å²) in [5, 5.41) is 0.304. The van der Waals surface area contributed by atoms with Gasteiger partial charge in [0.1, 0.15) is 15.8 Å². The van der Waals surface area contributed by atoms with Gasteiger partial charge in [0.05, 0.1) is 0 Å². The van der Waals surface area contributed by atoms with E-state index in [1.54, 1.807) is 25.8 Å². The van der Waals surface area contributed by atoms with Crippen molar-refractivity contribution in [2.45, 2.75) is 19.4 Å². The molecular weight excluding hydrogens is 301 g/mol. The molecule has 0 bridgehead atoms. The first-order valence-electron chi connectivity index (χ1n) is 6.14. The van der Waals surface area contributed by atoms with Crippen LogP contribution in [0.4, 0.5) is 0 Å². The molecule has 1 saturated heterocycles. The average Bonchev–Trinajstić information content (AvgIpc) is 2.34. The Labute approximate surface area is 127 Å². The third kappa shape index (κ3) is 2.60. The van der Waals surface area contributed by atoms with E-state index in [9.17, 15) is 9.59 Å². The Balaban J connectivity index is 2.35. The topological polar surface area (TPSA) is 53.5 Å². The Kier molecular flexibility index (Phi) is 3.93. The summed E-state index contributed by atoms with van der Waals surface area (Å²) < 4.78 is 0. The van der Waals surface area contributed by atoms with E-state index in [1.165, 1.54) is 17.0 Å². The number of carbonyl (C=O) groups is 2. The Morgan fingerprint density at radius 1 is 1.25 bits per heavy atom. The molecule has 0 radical (unpaired) electrons. The van der Waals surface area contributed by atoms with Crippen LogP contribution in [0.2, 0.25) is 10.3 Å². The molecule has 1 aromatic rings. The standard InChI is InChI=1S/C13H15Cl2N3O2/c1-13(2)12(20)17(3)4-5-18(13)11(19)8-6-9(14)16-10(15)7-8/h6-7H,4-5H2,1-3H3. The lowest BCUT2D eigenvalue weighted by atomic mass is 9.96. The van der Waals surface area contributed by atoms with E-state index in [-0.39, 0.29) is 22.1 Å². The van der Waals surface area contributed by atoms with Crippen molar-refractivity contribution >= 4 is 35.0 Å². The summed E-state index contributed by atoms with van der Waals surface area (Å²) in [7, 11) is 1.73. The van der Waals surface area contributed by atoms with E-state index in [1.807, 2.05) is 0 Å². The highest BCUT2D eigenvalue weighted by molar-refractivity contribution is 6.33. The molecule has 7 heteroatoms. The molecule has 0 saturated carbocycles. The maximum atomic E-state index is 12.6. The number of amides is 2. The van der Waals surface area contributed by atoms with Crippen LogP contribution in [0, 0.1) is 0 Å². The van der Waals surface area contributed by atoms with Crippen LogP contribution in [0.5, 0.6) is 0 Å². The normalized spacial score (nSPS) is 18.4. The van der Waals surface area contributed by atoms with Crippen LogP contribution in [0.15, 0.2) is 12.1 Å². The molecule has 0 aromatic carbocycles. The predicted octanol–water partition coefficient (Wildman–Crippen LogP) is 2.08. The van der Waals surface area contributed by atoms with Gasteiger partial charge in [0, 0.05) is 25.7 Å². The molecule has 0 aliphatic carbocycles. The lowest BCUT2D eigenvalue weighted by Crippen LogP contribution is -2.63. The predicted molar refractivity (Wildman–Crippen MR) is 77.0 cm³/mol. The van der Waals surface area contributed by atoms with E-state index >= 15 is 0 Å². The van der Waals surface area contributed by atoms with Crippen LogP contribution < -0.4 is 0 Å². The van der Waals surface area contributed by atoms with Gasteiger partial charge in [-0.1, -0.05) is 23.2 Å². The molecule has 2 rings (SSSR count). The molecule has 0 N–H and O–H groups in total. The highest BCUT2D eigenvalue weighted by atomic mass is 35.5. The van der Waals surface area contributed by atoms with Crippen molar-refractivity contribution in [1.82, 2.24) is 14.8 Å². The maximum absolute atomic E-state index is 12.6. The van der Waals surface area contributed by atoms with E-state index in [0.717, 1.165) is 0 Å². The van der Waals surface area contributed by atoms with Gasteiger partial charge in [-0.2, -0.15) is 0 Å². The van der Waals surface area contributed by atoms with E-state index in [2.05, 4.69) is 4.98 Å². The van der Waals surface area contributed by atoms with Crippen molar-refractivity contribution in [1.29, 1.82) is 0 Å². The zero-order valence-corrected chi connectivity index (χ0v) is 13.0. The summed E-state index contributed by atoms with van der Waals surface area (Å²) in [4.78, 5) is 31.7. The number of aromatic nitrogens is 1. The second kappa shape index (κ2) is 5.22. The van der Waals surface area contributed by atoms with E-state index < -0.39 is 5.54 Å². The largest absolute Gasteiger partial charge is 0.342 e. The third-order valence-electron chi connectivity index (χ3n) is 3.46. The molecule has 0 spiro atoms. The van der Waals surface area contributed by atoms with E-state index in [4.69, 9.17) is 23.2 Å². The van der Waals surface area contributed by atoms with Crippen LogP contribution in [0.25, 0.3) is 0 Å². The van der Waals surface area contributed by atoms with Crippen molar-refractivity contribution in [3.8, 4) is 0 Å². The van der Waals surface area contributed by atoms with E-state index in [0.29, 0.717) is 18.7 Å². The molecule has 2 heterocycles. The first kappa shape index (κ1) is 15.1. The van der Waals surface area contributed by atoms with Crippen molar-refractivity contribution < 1.29 is 9.59 Å². The van der Waals surface area contributed by atoms with Gasteiger partial charge in [0.25, 0.3) is 5.91 Å². The van der Waals surface area contributed by atoms with Crippen LogP contribution >= 0.6 is 23.2 Å². The number of rotatable bonds is 1. The molecule has 1 aliphatic rings. The van der Waals surface area contributed by atoms with Crippen molar-refractivity contribution in [2.75, 3.05) is 20.1 Å². The molecule has 1 fully saturated rings. The molecule has 20 heavy (non-hydrogen) atoms. The van der Waals surface area contributed by atoms with Gasteiger partial charge >= 0.3 is 0 Å². The quantitative estimate of drug-likeness (QED) is 0.746. The Bertz CT molecular complexity index is 554. The number of piperazine rings is 1. The number of likely N-dealkylation sites (N-methyl/N-ethyl adjacent to an activating group) is 1. The number of pyridine rings is 1. The third-order valence-corrected chi connectivity index (χ3v) is 3.85. The van der Waals surface area contributed by atoms with Crippen molar-refractivity contribution in [3.63, 3.8) is 0 Å². The number of nitrogens with zero attached hydrogens (tertiary/aromatic N) is 3. The maximum Gasteiger partial charge on any atom is 0.255 e. The van der Waals surface area contributed by atoms with Crippen LogP contribution in [-0.2, 0) is 4.79 Å². The molecular formula is C13H15Cl2N3O2. The zero-order valence-electron chi connectivity index (χ0n) is 11.5. The second-order valence-corrected chi connectivity index (χ2v) is 6.02. The number of halogens is 2. The Morgan fingerprint density at radius 3 is 2.35 bits per heavy atom. The van der Waals surface area contributed by atoms with Gasteiger partial charge in [0.2, 0.25) is 5.91 Å². The van der Waals surface area contributed by atoms with Gasteiger partial charge in [-0.15, -0.1) is 0 Å². The summed E-state index contributed by atoms with van der Waals surface area (Å²) in [6.07, 6.45) is 0.